The number of aryl methyl sites for hydroxylation is 1. The summed E-state index contributed by atoms with van der Waals surface area (Å²) in [5.41, 5.74) is 2.23. The minimum atomic E-state index is -0.654. The van der Waals surface area contributed by atoms with Crippen LogP contribution in [0.5, 0.6) is 5.75 Å². The third-order valence-corrected chi connectivity index (χ3v) is 5.81. The van der Waals surface area contributed by atoms with Gasteiger partial charge in [-0.15, -0.1) is 0 Å². The van der Waals surface area contributed by atoms with E-state index < -0.39 is 17.7 Å². The van der Waals surface area contributed by atoms with Gasteiger partial charge in [0.1, 0.15) is 11.5 Å². The summed E-state index contributed by atoms with van der Waals surface area (Å²) < 4.78 is 5.25. The highest BCUT2D eigenvalue weighted by Crippen LogP contribution is 2.42. The number of Topliss-reactive ketones (excluding diaryl/α,β-unsaturated/α-hetero) is 1. The Kier molecular flexibility index (Phi) is 5.51. The van der Waals surface area contributed by atoms with Gasteiger partial charge in [-0.1, -0.05) is 49.4 Å². The SMILES string of the molecule is CCCN1C(=O)C(=O)/C(=C(/O)c2ccc(OC)cc2C)C1c1cccc2ccccc12. The van der Waals surface area contributed by atoms with Crippen LogP contribution in [0.15, 0.2) is 66.2 Å². The van der Waals surface area contributed by atoms with Crippen molar-refractivity contribution in [2.24, 2.45) is 0 Å². The Bertz CT molecular complexity index is 1210. The topological polar surface area (TPSA) is 66.8 Å². The number of ketones is 1. The number of carbonyl (C=O) groups excluding carboxylic acids is 2. The summed E-state index contributed by atoms with van der Waals surface area (Å²) in [6.45, 7) is 4.23. The van der Waals surface area contributed by atoms with Crippen LogP contribution in [-0.2, 0) is 9.59 Å². The summed E-state index contributed by atoms with van der Waals surface area (Å²) in [5, 5.41) is 13.3. The third kappa shape index (κ3) is 3.46. The number of hydrogen-bond acceptors (Lipinski definition) is 4. The number of nitrogens with zero attached hydrogens (tertiary/aromatic N) is 1. The van der Waals surface area contributed by atoms with E-state index in [-0.39, 0.29) is 11.3 Å². The van der Waals surface area contributed by atoms with Gasteiger partial charge in [-0.2, -0.15) is 0 Å². The van der Waals surface area contributed by atoms with Gasteiger partial charge in [0.05, 0.1) is 18.7 Å². The van der Waals surface area contributed by atoms with Crippen molar-refractivity contribution in [3.63, 3.8) is 0 Å². The molecule has 1 fully saturated rings. The monoisotopic (exact) mass is 415 g/mol. The van der Waals surface area contributed by atoms with Gasteiger partial charge in [0, 0.05) is 12.1 Å². The first-order chi connectivity index (χ1) is 15.0. The molecule has 0 aromatic heterocycles. The smallest absolute Gasteiger partial charge is 0.295 e. The summed E-state index contributed by atoms with van der Waals surface area (Å²) in [6.07, 6.45) is 0.704. The van der Waals surface area contributed by atoms with Crippen LogP contribution in [0.25, 0.3) is 16.5 Å². The van der Waals surface area contributed by atoms with Crippen molar-refractivity contribution in [2.75, 3.05) is 13.7 Å². The molecule has 1 heterocycles. The zero-order chi connectivity index (χ0) is 22.1. The average molecular weight is 415 g/mol. The second-order valence-electron chi connectivity index (χ2n) is 7.74. The molecule has 0 saturated carbocycles. The Balaban J connectivity index is 1.97. The van der Waals surface area contributed by atoms with Crippen LogP contribution in [0.1, 0.15) is 36.1 Å². The summed E-state index contributed by atoms with van der Waals surface area (Å²) >= 11 is 0. The second-order valence-corrected chi connectivity index (χ2v) is 7.74. The fourth-order valence-electron chi connectivity index (χ4n) is 4.34. The fraction of sp³-hybridized carbons (Fsp3) is 0.231. The molecular weight excluding hydrogens is 390 g/mol. The van der Waals surface area contributed by atoms with E-state index in [0.717, 1.165) is 21.9 Å². The van der Waals surface area contributed by atoms with Crippen LogP contribution in [0.3, 0.4) is 0 Å². The maximum atomic E-state index is 13.1. The molecule has 0 radical (unpaired) electrons. The van der Waals surface area contributed by atoms with Crippen molar-refractivity contribution in [1.82, 2.24) is 4.90 Å². The summed E-state index contributed by atoms with van der Waals surface area (Å²) in [5.74, 6) is -0.729. The average Bonchev–Trinajstić information content (AvgIpc) is 3.03. The van der Waals surface area contributed by atoms with E-state index in [4.69, 9.17) is 4.74 Å². The highest BCUT2D eigenvalue weighted by Gasteiger charge is 2.46. The first kappa shape index (κ1) is 20.7. The molecule has 0 aliphatic carbocycles. The van der Waals surface area contributed by atoms with Crippen LogP contribution in [0.2, 0.25) is 0 Å². The quantitative estimate of drug-likeness (QED) is 0.362. The van der Waals surface area contributed by atoms with Crippen LogP contribution < -0.4 is 4.74 Å². The molecule has 1 unspecified atom stereocenters. The van der Waals surface area contributed by atoms with E-state index in [2.05, 4.69) is 0 Å². The zero-order valence-electron chi connectivity index (χ0n) is 17.9. The van der Waals surface area contributed by atoms with E-state index >= 15 is 0 Å². The fourth-order valence-corrected chi connectivity index (χ4v) is 4.34. The molecule has 3 aromatic rings. The van der Waals surface area contributed by atoms with Crippen molar-refractivity contribution in [3.8, 4) is 5.75 Å². The van der Waals surface area contributed by atoms with Crippen LogP contribution in [-0.4, -0.2) is 35.4 Å². The number of likely N-dealkylation sites (tertiary alicyclic amines) is 1. The molecule has 5 heteroatoms. The van der Waals surface area contributed by atoms with E-state index in [1.165, 1.54) is 0 Å². The first-order valence-electron chi connectivity index (χ1n) is 10.4. The first-order valence-corrected chi connectivity index (χ1v) is 10.4. The number of ether oxygens (including phenoxy) is 1. The largest absolute Gasteiger partial charge is 0.507 e. The molecule has 5 nitrogen and oxygen atoms in total. The molecule has 1 atom stereocenters. The van der Waals surface area contributed by atoms with Gasteiger partial charge < -0.3 is 14.7 Å². The molecule has 1 saturated heterocycles. The summed E-state index contributed by atoms with van der Waals surface area (Å²) in [6, 6.07) is 18.3. The van der Waals surface area contributed by atoms with Gasteiger partial charge in [0.15, 0.2) is 0 Å². The number of aliphatic hydroxyl groups is 1. The van der Waals surface area contributed by atoms with Crippen molar-refractivity contribution < 1.29 is 19.4 Å². The highest BCUT2D eigenvalue weighted by atomic mass is 16.5. The van der Waals surface area contributed by atoms with Crippen molar-refractivity contribution in [3.05, 3.63) is 82.9 Å². The van der Waals surface area contributed by atoms with Crippen LogP contribution in [0.4, 0.5) is 0 Å². The number of carbonyl (C=O) groups is 2. The maximum absolute atomic E-state index is 13.1. The minimum Gasteiger partial charge on any atom is -0.507 e. The number of hydrogen-bond donors (Lipinski definition) is 1. The minimum absolute atomic E-state index is 0.128. The Morgan fingerprint density at radius 3 is 2.52 bits per heavy atom. The van der Waals surface area contributed by atoms with E-state index in [9.17, 15) is 14.7 Å². The molecule has 0 bridgehead atoms. The molecule has 1 N–H and O–H groups in total. The Hall–Kier alpha value is -3.60. The Labute approximate surface area is 181 Å². The molecule has 1 aliphatic rings. The lowest BCUT2D eigenvalue weighted by atomic mass is 9.91. The van der Waals surface area contributed by atoms with Gasteiger partial charge >= 0.3 is 0 Å². The number of methoxy groups -OCH3 is 1. The number of rotatable bonds is 5. The molecule has 1 amide bonds. The van der Waals surface area contributed by atoms with E-state index in [1.54, 1.807) is 30.2 Å². The molecule has 0 spiro atoms. The lowest BCUT2D eigenvalue weighted by Crippen LogP contribution is -2.30. The zero-order valence-corrected chi connectivity index (χ0v) is 17.9. The highest BCUT2D eigenvalue weighted by molar-refractivity contribution is 6.46. The maximum Gasteiger partial charge on any atom is 0.295 e. The van der Waals surface area contributed by atoms with E-state index in [1.807, 2.05) is 56.3 Å². The standard InChI is InChI=1S/C26H25NO4/c1-4-14-27-23(21-11-7-9-17-8-5-6-10-20(17)21)22(25(29)26(27)30)24(28)19-13-12-18(31-3)15-16(19)2/h5-13,15,23,28H,4,14H2,1-3H3/b24-22+. The van der Waals surface area contributed by atoms with E-state index in [0.29, 0.717) is 24.3 Å². The molecular formula is C26H25NO4. The molecule has 3 aromatic carbocycles. The number of benzene rings is 3. The van der Waals surface area contributed by atoms with Gasteiger partial charge in [0.25, 0.3) is 11.7 Å². The number of amides is 1. The van der Waals surface area contributed by atoms with Gasteiger partial charge in [-0.05, 0) is 53.4 Å². The Morgan fingerprint density at radius 1 is 1.06 bits per heavy atom. The lowest BCUT2D eigenvalue weighted by Gasteiger charge is -2.26. The van der Waals surface area contributed by atoms with Gasteiger partial charge in [-0.3, -0.25) is 9.59 Å². The number of aliphatic hydroxyl groups excluding tert-OH is 1. The van der Waals surface area contributed by atoms with Crippen molar-refractivity contribution >= 4 is 28.2 Å². The second kappa shape index (κ2) is 8.26. The lowest BCUT2D eigenvalue weighted by molar-refractivity contribution is -0.139. The third-order valence-electron chi connectivity index (χ3n) is 5.81. The molecule has 4 rings (SSSR count). The van der Waals surface area contributed by atoms with Gasteiger partial charge in [0.2, 0.25) is 0 Å². The molecule has 31 heavy (non-hydrogen) atoms. The summed E-state index contributed by atoms with van der Waals surface area (Å²) in [7, 11) is 1.57. The van der Waals surface area contributed by atoms with Gasteiger partial charge in [-0.25, -0.2) is 0 Å². The van der Waals surface area contributed by atoms with Crippen LogP contribution in [0, 0.1) is 6.92 Å². The predicted molar refractivity (Wildman–Crippen MR) is 121 cm³/mol. The van der Waals surface area contributed by atoms with Crippen LogP contribution >= 0.6 is 0 Å². The molecule has 158 valence electrons. The predicted octanol–water partition coefficient (Wildman–Crippen LogP) is 4.99. The Morgan fingerprint density at radius 2 is 1.81 bits per heavy atom. The summed E-state index contributed by atoms with van der Waals surface area (Å²) in [4.78, 5) is 27.7. The normalized spacial score (nSPS) is 18.0. The van der Waals surface area contributed by atoms with Crippen molar-refractivity contribution in [2.45, 2.75) is 26.3 Å². The number of fused-ring (bicyclic) bond motifs is 1. The molecule has 1 aliphatic heterocycles. The van der Waals surface area contributed by atoms with Crippen molar-refractivity contribution in [1.29, 1.82) is 0 Å².